The predicted octanol–water partition coefficient (Wildman–Crippen LogP) is 2.32. The second kappa shape index (κ2) is 6.76. The van der Waals surface area contributed by atoms with E-state index in [1.807, 2.05) is 0 Å². The van der Waals surface area contributed by atoms with Crippen molar-refractivity contribution in [1.29, 1.82) is 0 Å². The van der Waals surface area contributed by atoms with Crippen molar-refractivity contribution in [2.24, 2.45) is 5.92 Å². The quantitative estimate of drug-likeness (QED) is 0.855. The summed E-state index contributed by atoms with van der Waals surface area (Å²) in [6, 6.07) is 2.36. The van der Waals surface area contributed by atoms with Gasteiger partial charge in [-0.2, -0.15) is 0 Å². The molecular weight excluding hydrogens is 246 g/mol. The molecule has 116 valence electrons. The van der Waals surface area contributed by atoms with E-state index < -0.39 is 0 Å². The Labute approximate surface area is 125 Å². The zero-order valence-electron chi connectivity index (χ0n) is 13.5. The number of likely N-dealkylation sites (N-methyl/N-ethyl adjacent to an activating group) is 2. The SMILES string of the molecule is CN1CCCC(N(C)CC2CCC3CCCCC3N2)C1. The van der Waals surface area contributed by atoms with Crippen LogP contribution in [0.2, 0.25) is 0 Å². The van der Waals surface area contributed by atoms with Gasteiger partial charge in [0.1, 0.15) is 0 Å². The van der Waals surface area contributed by atoms with Crippen molar-refractivity contribution in [3.8, 4) is 0 Å². The number of hydrogen-bond acceptors (Lipinski definition) is 3. The maximum atomic E-state index is 3.98. The highest BCUT2D eigenvalue weighted by atomic mass is 15.2. The molecule has 0 aromatic carbocycles. The van der Waals surface area contributed by atoms with Crippen molar-refractivity contribution in [2.45, 2.75) is 69.5 Å². The number of nitrogens with zero attached hydrogens (tertiary/aromatic N) is 2. The largest absolute Gasteiger partial charge is 0.310 e. The molecule has 3 nitrogen and oxygen atoms in total. The number of fused-ring (bicyclic) bond motifs is 1. The first-order chi connectivity index (χ1) is 9.72. The molecule has 0 aromatic heterocycles. The monoisotopic (exact) mass is 279 g/mol. The fourth-order valence-electron chi connectivity index (χ4n) is 4.71. The van der Waals surface area contributed by atoms with Crippen LogP contribution in [0.15, 0.2) is 0 Å². The molecule has 1 saturated carbocycles. The Morgan fingerprint density at radius 2 is 1.90 bits per heavy atom. The second-order valence-corrected chi connectivity index (χ2v) is 7.59. The van der Waals surface area contributed by atoms with E-state index in [0.29, 0.717) is 0 Å². The standard InChI is InChI=1S/C17H33N3/c1-19-11-5-7-16(13-19)20(2)12-15-10-9-14-6-3-4-8-17(14)18-15/h14-18H,3-13H2,1-2H3. The third-order valence-corrected chi connectivity index (χ3v) is 5.98. The second-order valence-electron chi connectivity index (χ2n) is 7.59. The van der Waals surface area contributed by atoms with Crippen LogP contribution in [0.3, 0.4) is 0 Å². The van der Waals surface area contributed by atoms with E-state index in [4.69, 9.17) is 0 Å². The lowest BCUT2D eigenvalue weighted by Crippen LogP contribution is -2.55. The molecule has 0 spiro atoms. The van der Waals surface area contributed by atoms with Gasteiger partial charge >= 0.3 is 0 Å². The molecule has 3 heteroatoms. The fourth-order valence-corrected chi connectivity index (χ4v) is 4.71. The number of hydrogen-bond donors (Lipinski definition) is 1. The lowest BCUT2D eigenvalue weighted by atomic mass is 9.77. The summed E-state index contributed by atoms with van der Waals surface area (Å²) in [5.41, 5.74) is 0. The molecule has 20 heavy (non-hydrogen) atoms. The van der Waals surface area contributed by atoms with Crippen molar-refractivity contribution in [3.63, 3.8) is 0 Å². The molecule has 1 aliphatic carbocycles. The van der Waals surface area contributed by atoms with Gasteiger partial charge in [0.15, 0.2) is 0 Å². The molecule has 0 aromatic rings. The van der Waals surface area contributed by atoms with Crippen molar-refractivity contribution >= 4 is 0 Å². The normalized spacial score (nSPS) is 39.8. The lowest BCUT2D eigenvalue weighted by Gasteiger charge is -2.43. The minimum Gasteiger partial charge on any atom is -0.310 e. The molecule has 4 atom stereocenters. The highest BCUT2D eigenvalue weighted by Crippen LogP contribution is 2.32. The van der Waals surface area contributed by atoms with Gasteiger partial charge in [-0.1, -0.05) is 12.8 Å². The highest BCUT2D eigenvalue weighted by Gasteiger charge is 2.32. The van der Waals surface area contributed by atoms with E-state index >= 15 is 0 Å². The Morgan fingerprint density at radius 3 is 2.75 bits per heavy atom. The average molecular weight is 279 g/mol. The van der Waals surface area contributed by atoms with E-state index in [1.54, 1.807) is 0 Å². The highest BCUT2D eigenvalue weighted by molar-refractivity contribution is 4.91. The van der Waals surface area contributed by atoms with Crippen molar-refractivity contribution in [3.05, 3.63) is 0 Å². The maximum absolute atomic E-state index is 3.98. The first-order valence-electron chi connectivity index (χ1n) is 8.87. The van der Waals surface area contributed by atoms with Crippen LogP contribution in [-0.2, 0) is 0 Å². The van der Waals surface area contributed by atoms with Gasteiger partial charge in [0.05, 0.1) is 0 Å². The van der Waals surface area contributed by atoms with Crippen LogP contribution < -0.4 is 5.32 Å². The fraction of sp³-hybridized carbons (Fsp3) is 1.00. The van der Waals surface area contributed by atoms with Gasteiger partial charge in [0.2, 0.25) is 0 Å². The van der Waals surface area contributed by atoms with Gasteiger partial charge in [-0.3, -0.25) is 0 Å². The third-order valence-electron chi connectivity index (χ3n) is 5.98. The molecule has 2 saturated heterocycles. The van der Waals surface area contributed by atoms with Gasteiger partial charge in [0, 0.05) is 31.2 Å². The lowest BCUT2D eigenvalue weighted by molar-refractivity contribution is 0.102. The van der Waals surface area contributed by atoms with Crippen molar-refractivity contribution < 1.29 is 0 Å². The van der Waals surface area contributed by atoms with Crippen molar-refractivity contribution in [2.75, 3.05) is 33.7 Å². The molecule has 4 unspecified atom stereocenters. The van der Waals surface area contributed by atoms with E-state index in [9.17, 15) is 0 Å². The average Bonchev–Trinajstić information content (AvgIpc) is 2.47. The van der Waals surface area contributed by atoms with E-state index in [0.717, 1.165) is 24.0 Å². The minimum absolute atomic E-state index is 0.742. The maximum Gasteiger partial charge on any atom is 0.0221 e. The number of likely N-dealkylation sites (tertiary alicyclic amines) is 1. The van der Waals surface area contributed by atoms with E-state index in [1.165, 1.54) is 71.0 Å². The zero-order valence-corrected chi connectivity index (χ0v) is 13.5. The number of piperidine rings is 2. The molecule has 3 aliphatic rings. The van der Waals surface area contributed by atoms with Crippen molar-refractivity contribution in [1.82, 2.24) is 15.1 Å². The molecule has 3 rings (SSSR count). The molecule has 0 radical (unpaired) electrons. The summed E-state index contributed by atoms with van der Waals surface area (Å²) >= 11 is 0. The predicted molar refractivity (Wildman–Crippen MR) is 85.1 cm³/mol. The molecule has 0 amide bonds. The van der Waals surface area contributed by atoms with Gasteiger partial charge in [0.25, 0.3) is 0 Å². The Hall–Kier alpha value is -0.120. The van der Waals surface area contributed by atoms with E-state index in [2.05, 4.69) is 29.2 Å². The van der Waals surface area contributed by atoms with E-state index in [-0.39, 0.29) is 0 Å². The zero-order chi connectivity index (χ0) is 13.9. The molecule has 3 fully saturated rings. The molecule has 2 heterocycles. The summed E-state index contributed by atoms with van der Waals surface area (Å²) in [6.45, 7) is 3.80. The van der Waals surface area contributed by atoms with Gasteiger partial charge in [-0.05, 0) is 65.1 Å². The topological polar surface area (TPSA) is 18.5 Å². The van der Waals surface area contributed by atoms with Gasteiger partial charge in [-0.15, -0.1) is 0 Å². The number of nitrogens with one attached hydrogen (secondary N) is 1. The summed E-state index contributed by atoms with van der Waals surface area (Å²) in [5, 5.41) is 3.98. The van der Waals surface area contributed by atoms with Crippen LogP contribution >= 0.6 is 0 Å². The molecule has 1 N–H and O–H groups in total. The third kappa shape index (κ3) is 3.55. The Morgan fingerprint density at radius 1 is 1.05 bits per heavy atom. The van der Waals surface area contributed by atoms with Crippen LogP contribution in [0.5, 0.6) is 0 Å². The molecule has 0 bridgehead atoms. The summed E-state index contributed by atoms with van der Waals surface area (Å²) in [6.07, 6.45) is 11.5. The minimum atomic E-state index is 0.742. The van der Waals surface area contributed by atoms with Gasteiger partial charge < -0.3 is 15.1 Å². The Bertz CT molecular complexity index is 307. The van der Waals surface area contributed by atoms with Crippen LogP contribution in [0.25, 0.3) is 0 Å². The summed E-state index contributed by atoms with van der Waals surface area (Å²) in [4.78, 5) is 5.13. The molecular formula is C17H33N3. The number of rotatable bonds is 3. The first kappa shape index (κ1) is 14.8. The van der Waals surface area contributed by atoms with Crippen LogP contribution in [0.4, 0.5) is 0 Å². The van der Waals surface area contributed by atoms with Gasteiger partial charge in [-0.25, -0.2) is 0 Å². The summed E-state index contributed by atoms with van der Waals surface area (Å²) < 4.78 is 0. The smallest absolute Gasteiger partial charge is 0.0221 e. The van der Waals surface area contributed by atoms with Crippen LogP contribution in [0.1, 0.15) is 51.4 Å². The Balaban J connectivity index is 1.47. The van der Waals surface area contributed by atoms with Crippen LogP contribution in [-0.4, -0.2) is 61.7 Å². The first-order valence-corrected chi connectivity index (χ1v) is 8.87. The summed E-state index contributed by atoms with van der Waals surface area (Å²) in [5.74, 6) is 0.992. The summed E-state index contributed by atoms with van der Waals surface area (Å²) in [7, 11) is 4.62. The van der Waals surface area contributed by atoms with Crippen LogP contribution in [0, 0.1) is 5.92 Å². The Kier molecular flexibility index (Phi) is 5.00. The molecule has 2 aliphatic heterocycles.